The monoisotopic (exact) mass is 274 g/mol. The summed E-state index contributed by atoms with van der Waals surface area (Å²) >= 11 is 0. The van der Waals surface area contributed by atoms with Crippen LogP contribution in [0.1, 0.15) is 30.4 Å². The van der Waals surface area contributed by atoms with Crippen molar-refractivity contribution >= 4 is 0 Å². The molecule has 1 aromatic carbocycles. The summed E-state index contributed by atoms with van der Waals surface area (Å²) in [6, 6.07) is 9.03. The zero-order chi connectivity index (χ0) is 14.1. The van der Waals surface area contributed by atoms with Crippen molar-refractivity contribution in [2.45, 2.75) is 32.2 Å². The third kappa shape index (κ3) is 3.07. The molecule has 20 heavy (non-hydrogen) atoms. The van der Waals surface area contributed by atoms with Crippen LogP contribution in [-0.2, 0) is 13.0 Å². The summed E-state index contributed by atoms with van der Waals surface area (Å²) in [5, 5.41) is 0. The van der Waals surface area contributed by atoms with Crippen LogP contribution in [0, 0.1) is 0 Å². The number of hydrogen-bond donors (Lipinski definition) is 0. The number of benzene rings is 1. The Bertz CT molecular complexity index is 462. The largest absolute Gasteiger partial charge is 0.326 e. The van der Waals surface area contributed by atoms with Gasteiger partial charge in [-0.15, -0.1) is 0 Å². The van der Waals surface area contributed by atoms with Gasteiger partial charge >= 0.3 is 0 Å². The van der Waals surface area contributed by atoms with Crippen molar-refractivity contribution < 1.29 is 8.97 Å². The van der Waals surface area contributed by atoms with Gasteiger partial charge in [0, 0.05) is 31.2 Å². The van der Waals surface area contributed by atoms with Crippen molar-refractivity contribution in [1.82, 2.24) is 0 Å². The normalized spacial score (nSPS) is 28.3. The molecular formula is C18H30N2+2. The van der Waals surface area contributed by atoms with Crippen molar-refractivity contribution in [3.63, 3.8) is 0 Å². The summed E-state index contributed by atoms with van der Waals surface area (Å²) in [5.41, 5.74) is 3.17. The molecule has 1 atom stereocenters. The summed E-state index contributed by atoms with van der Waals surface area (Å²) in [6.45, 7) is 8.11. The van der Waals surface area contributed by atoms with Crippen LogP contribution in [-0.4, -0.2) is 55.8 Å². The second-order valence-corrected chi connectivity index (χ2v) is 7.59. The highest BCUT2D eigenvalue weighted by Crippen LogP contribution is 2.24. The molecule has 3 rings (SSSR count). The second-order valence-electron chi connectivity index (χ2n) is 7.59. The van der Waals surface area contributed by atoms with E-state index >= 15 is 0 Å². The average molecular weight is 274 g/mol. The topological polar surface area (TPSA) is 0 Å². The van der Waals surface area contributed by atoms with E-state index in [0.29, 0.717) is 0 Å². The molecule has 0 amide bonds. The second kappa shape index (κ2) is 5.50. The highest BCUT2D eigenvalue weighted by Gasteiger charge is 2.31. The van der Waals surface area contributed by atoms with E-state index in [1.165, 1.54) is 73.9 Å². The molecule has 2 nitrogen and oxygen atoms in total. The van der Waals surface area contributed by atoms with Gasteiger partial charge in [0.1, 0.15) is 6.54 Å². The summed E-state index contributed by atoms with van der Waals surface area (Å²) < 4.78 is 2.58. The van der Waals surface area contributed by atoms with E-state index in [-0.39, 0.29) is 0 Å². The van der Waals surface area contributed by atoms with Crippen LogP contribution in [0.2, 0.25) is 0 Å². The van der Waals surface area contributed by atoms with Crippen LogP contribution in [0.4, 0.5) is 0 Å². The van der Waals surface area contributed by atoms with Gasteiger partial charge in [0.05, 0.1) is 46.8 Å². The molecule has 2 aliphatic heterocycles. The molecule has 0 aliphatic carbocycles. The Morgan fingerprint density at radius 1 is 0.850 bits per heavy atom. The van der Waals surface area contributed by atoms with Crippen LogP contribution in [0.25, 0.3) is 0 Å². The quantitative estimate of drug-likeness (QED) is 0.741. The van der Waals surface area contributed by atoms with Gasteiger partial charge in [-0.3, -0.25) is 0 Å². The lowest BCUT2D eigenvalue weighted by Gasteiger charge is -2.39. The first-order chi connectivity index (χ1) is 9.59. The number of quaternary nitrogens is 2. The van der Waals surface area contributed by atoms with E-state index in [9.17, 15) is 0 Å². The van der Waals surface area contributed by atoms with E-state index in [2.05, 4.69) is 38.4 Å². The van der Waals surface area contributed by atoms with Crippen LogP contribution in [0.3, 0.4) is 0 Å². The molecule has 1 saturated heterocycles. The fourth-order valence-corrected chi connectivity index (χ4v) is 4.18. The zero-order valence-electron chi connectivity index (χ0n) is 13.3. The van der Waals surface area contributed by atoms with Crippen molar-refractivity contribution in [1.29, 1.82) is 0 Å². The standard InChI is InChI=1S/C18H30N2/c1-19(11-5-6-12-19)13-7-14-20(2)15-10-17-8-3-4-9-18(17)16-20/h3-4,8-9H,5-7,10-16H2,1-2H3/q+2. The predicted octanol–water partition coefficient (Wildman–Crippen LogP) is 2.82. The Morgan fingerprint density at radius 3 is 2.25 bits per heavy atom. The molecule has 1 fully saturated rings. The van der Waals surface area contributed by atoms with Crippen LogP contribution in [0.5, 0.6) is 0 Å². The van der Waals surface area contributed by atoms with Crippen molar-refractivity contribution in [3.8, 4) is 0 Å². The Morgan fingerprint density at radius 2 is 1.50 bits per heavy atom. The first-order valence-corrected chi connectivity index (χ1v) is 8.33. The van der Waals surface area contributed by atoms with Gasteiger partial charge in [-0.2, -0.15) is 0 Å². The maximum Gasteiger partial charge on any atom is 0.104 e. The molecule has 0 aromatic heterocycles. The Kier molecular flexibility index (Phi) is 3.87. The molecule has 0 radical (unpaired) electrons. The molecule has 1 unspecified atom stereocenters. The number of likely N-dealkylation sites (N-methyl/N-ethyl adjacent to an activating group) is 1. The van der Waals surface area contributed by atoms with Gasteiger partial charge in [-0.1, -0.05) is 24.3 Å². The van der Waals surface area contributed by atoms with Gasteiger partial charge in [-0.05, 0) is 5.56 Å². The fourth-order valence-electron chi connectivity index (χ4n) is 4.18. The molecule has 1 aromatic rings. The zero-order valence-corrected chi connectivity index (χ0v) is 13.3. The van der Waals surface area contributed by atoms with Gasteiger partial charge < -0.3 is 8.97 Å². The van der Waals surface area contributed by atoms with E-state index in [1.54, 1.807) is 11.1 Å². The Balaban J connectivity index is 1.55. The number of fused-ring (bicyclic) bond motifs is 1. The van der Waals surface area contributed by atoms with E-state index in [1.807, 2.05) is 0 Å². The Labute approximate surface area is 124 Å². The molecule has 0 N–H and O–H groups in total. The van der Waals surface area contributed by atoms with E-state index < -0.39 is 0 Å². The Hall–Kier alpha value is -0.860. The SMILES string of the molecule is C[N+]1(CCC[N+]2(C)CCc3ccccc3C2)CCCC1. The summed E-state index contributed by atoms with van der Waals surface area (Å²) in [5.74, 6) is 0. The van der Waals surface area contributed by atoms with Crippen LogP contribution >= 0.6 is 0 Å². The number of rotatable bonds is 4. The summed E-state index contributed by atoms with van der Waals surface area (Å²) in [7, 11) is 4.92. The maximum absolute atomic E-state index is 2.46. The highest BCUT2D eigenvalue weighted by atomic mass is 15.4. The lowest BCUT2D eigenvalue weighted by Crippen LogP contribution is -2.50. The highest BCUT2D eigenvalue weighted by molar-refractivity contribution is 5.27. The average Bonchev–Trinajstić information content (AvgIpc) is 2.85. The van der Waals surface area contributed by atoms with Crippen molar-refractivity contribution in [2.75, 3.05) is 46.8 Å². The van der Waals surface area contributed by atoms with E-state index in [0.717, 1.165) is 0 Å². The summed E-state index contributed by atoms with van der Waals surface area (Å²) in [4.78, 5) is 0. The van der Waals surface area contributed by atoms with Crippen molar-refractivity contribution in [3.05, 3.63) is 35.4 Å². The molecule has 0 spiro atoms. The minimum atomic E-state index is 1.24. The molecule has 2 heteroatoms. The summed E-state index contributed by atoms with van der Waals surface area (Å²) in [6.07, 6.45) is 5.53. The van der Waals surface area contributed by atoms with Crippen LogP contribution < -0.4 is 0 Å². The van der Waals surface area contributed by atoms with E-state index in [4.69, 9.17) is 0 Å². The lowest BCUT2D eigenvalue weighted by atomic mass is 9.98. The third-order valence-electron chi connectivity index (χ3n) is 5.63. The lowest BCUT2D eigenvalue weighted by molar-refractivity contribution is -0.933. The molecule has 110 valence electrons. The minimum absolute atomic E-state index is 1.24. The number of hydrogen-bond acceptors (Lipinski definition) is 0. The molecule has 2 aliphatic rings. The predicted molar refractivity (Wildman–Crippen MR) is 84.4 cm³/mol. The van der Waals surface area contributed by atoms with Gasteiger partial charge in [-0.25, -0.2) is 0 Å². The smallest absolute Gasteiger partial charge is 0.104 e. The van der Waals surface area contributed by atoms with Crippen molar-refractivity contribution in [2.24, 2.45) is 0 Å². The first-order valence-electron chi connectivity index (χ1n) is 8.33. The number of nitrogens with zero attached hydrogens (tertiary/aromatic N) is 2. The fraction of sp³-hybridized carbons (Fsp3) is 0.667. The van der Waals surface area contributed by atoms with Gasteiger partial charge in [0.15, 0.2) is 0 Å². The molecule has 0 saturated carbocycles. The van der Waals surface area contributed by atoms with Gasteiger partial charge in [0.25, 0.3) is 0 Å². The van der Waals surface area contributed by atoms with Crippen LogP contribution in [0.15, 0.2) is 24.3 Å². The molecular weight excluding hydrogens is 244 g/mol. The first kappa shape index (κ1) is 14.1. The molecule has 2 heterocycles. The third-order valence-corrected chi connectivity index (χ3v) is 5.63. The van der Waals surface area contributed by atoms with Gasteiger partial charge in [0.2, 0.25) is 0 Å². The molecule has 0 bridgehead atoms. The maximum atomic E-state index is 2.46. The minimum Gasteiger partial charge on any atom is -0.326 e. The number of likely N-dealkylation sites (tertiary alicyclic amines) is 1.